The van der Waals surface area contributed by atoms with Gasteiger partial charge < -0.3 is 20.1 Å². The zero-order chi connectivity index (χ0) is 16.2. The number of benzene rings is 2. The zero-order valence-corrected chi connectivity index (χ0v) is 13.1. The summed E-state index contributed by atoms with van der Waals surface area (Å²) in [5.41, 5.74) is 2.96. The van der Waals surface area contributed by atoms with Crippen LogP contribution in [0.1, 0.15) is 22.8 Å². The standard InChI is InChI=1S/C18H18N2O3/c1-18-9-11-5-3-4-6-14(11)20(18)17(22)12-7-16(23-2)15(21)8-13(12)19-10-18/h3-8,19,21H,9-10H2,1-2H3. The molecule has 4 rings (SSSR count). The molecule has 0 saturated carbocycles. The third kappa shape index (κ3) is 1.89. The number of para-hydroxylation sites is 1. The molecule has 2 aromatic rings. The molecule has 1 atom stereocenters. The van der Waals surface area contributed by atoms with Gasteiger partial charge in [0.05, 0.1) is 23.9 Å². The van der Waals surface area contributed by atoms with Crippen molar-refractivity contribution >= 4 is 17.3 Å². The molecule has 5 heteroatoms. The minimum absolute atomic E-state index is 0.0270. The minimum Gasteiger partial charge on any atom is -0.504 e. The Bertz CT molecular complexity index is 818. The fourth-order valence-electron chi connectivity index (χ4n) is 3.62. The van der Waals surface area contributed by atoms with Crippen LogP contribution in [0.3, 0.4) is 0 Å². The highest BCUT2D eigenvalue weighted by Gasteiger charge is 2.45. The molecule has 118 valence electrons. The fourth-order valence-corrected chi connectivity index (χ4v) is 3.62. The molecule has 0 radical (unpaired) electrons. The van der Waals surface area contributed by atoms with Gasteiger partial charge >= 0.3 is 0 Å². The Labute approximate surface area is 134 Å². The van der Waals surface area contributed by atoms with Gasteiger partial charge in [-0.05, 0) is 31.0 Å². The first-order chi connectivity index (χ1) is 11.0. The van der Waals surface area contributed by atoms with Gasteiger partial charge in [0, 0.05) is 18.3 Å². The maximum atomic E-state index is 13.2. The Morgan fingerprint density at radius 3 is 2.87 bits per heavy atom. The number of nitrogens with one attached hydrogen (secondary N) is 1. The van der Waals surface area contributed by atoms with Crippen molar-refractivity contribution in [3.63, 3.8) is 0 Å². The van der Waals surface area contributed by atoms with Crippen molar-refractivity contribution in [3.8, 4) is 11.5 Å². The van der Waals surface area contributed by atoms with Gasteiger partial charge in [0.15, 0.2) is 11.5 Å². The molecule has 0 aliphatic carbocycles. The van der Waals surface area contributed by atoms with Crippen molar-refractivity contribution in [2.24, 2.45) is 0 Å². The summed E-state index contributed by atoms with van der Waals surface area (Å²) in [6.45, 7) is 2.70. The second-order valence-corrected chi connectivity index (χ2v) is 6.37. The summed E-state index contributed by atoms with van der Waals surface area (Å²) in [4.78, 5) is 15.1. The van der Waals surface area contributed by atoms with Crippen molar-refractivity contribution in [1.29, 1.82) is 0 Å². The van der Waals surface area contributed by atoms with Crippen molar-refractivity contribution in [1.82, 2.24) is 0 Å². The summed E-state index contributed by atoms with van der Waals surface area (Å²) in [5, 5.41) is 13.3. The van der Waals surface area contributed by atoms with E-state index in [2.05, 4.69) is 18.3 Å². The molecule has 2 aromatic carbocycles. The van der Waals surface area contributed by atoms with Gasteiger partial charge in [-0.2, -0.15) is 0 Å². The summed E-state index contributed by atoms with van der Waals surface area (Å²) >= 11 is 0. The largest absolute Gasteiger partial charge is 0.504 e. The van der Waals surface area contributed by atoms with Gasteiger partial charge in [-0.1, -0.05) is 18.2 Å². The maximum Gasteiger partial charge on any atom is 0.261 e. The summed E-state index contributed by atoms with van der Waals surface area (Å²) in [7, 11) is 1.48. The Morgan fingerprint density at radius 1 is 1.30 bits per heavy atom. The van der Waals surface area contributed by atoms with Gasteiger partial charge in [0.25, 0.3) is 5.91 Å². The number of methoxy groups -OCH3 is 1. The number of aromatic hydroxyl groups is 1. The number of phenols is 1. The van der Waals surface area contributed by atoms with Crippen LogP contribution >= 0.6 is 0 Å². The van der Waals surface area contributed by atoms with Crippen LogP contribution in [-0.4, -0.2) is 30.2 Å². The molecule has 2 aliphatic heterocycles. The second-order valence-electron chi connectivity index (χ2n) is 6.37. The zero-order valence-electron chi connectivity index (χ0n) is 13.1. The fraction of sp³-hybridized carbons (Fsp3) is 0.278. The molecule has 0 fully saturated rings. The van der Waals surface area contributed by atoms with E-state index in [0.29, 0.717) is 23.5 Å². The molecule has 0 spiro atoms. The van der Waals surface area contributed by atoms with Crippen molar-refractivity contribution in [3.05, 3.63) is 47.5 Å². The number of anilines is 2. The Hall–Kier alpha value is -2.69. The molecule has 2 heterocycles. The van der Waals surface area contributed by atoms with Crippen molar-refractivity contribution < 1.29 is 14.6 Å². The molecule has 0 saturated heterocycles. The first kappa shape index (κ1) is 13.9. The van der Waals surface area contributed by atoms with Crippen LogP contribution < -0.4 is 15.0 Å². The van der Waals surface area contributed by atoms with Gasteiger partial charge in [0.1, 0.15) is 0 Å². The van der Waals surface area contributed by atoms with Gasteiger partial charge in [-0.3, -0.25) is 4.79 Å². The summed E-state index contributed by atoms with van der Waals surface area (Å²) < 4.78 is 5.16. The van der Waals surface area contributed by atoms with Crippen LogP contribution in [-0.2, 0) is 6.42 Å². The number of nitrogens with zero attached hydrogens (tertiary/aromatic N) is 1. The third-order valence-electron chi connectivity index (χ3n) is 4.76. The van der Waals surface area contributed by atoms with E-state index in [9.17, 15) is 9.90 Å². The van der Waals surface area contributed by atoms with E-state index in [1.54, 1.807) is 12.1 Å². The molecule has 1 amide bonds. The second kappa shape index (κ2) is 4.65. The summed E-state index contributed by atoms with van der Waals surface area (Å²) in [6, 6.07) is 11.2. The van der Waals surface area contributed by atoms with Gasteiger partial charge in [-0.15, -0.1) is 0 Å². The average molecular weight is 310 g/mol. The van der Waals surface area contributed by atoms with Crippen LogP contribution in [0, 0.1) is 0 Å². The highest BCUT2D eigenvalue weighted by molar-refractivity contribution is 6.13. The molecule has 1 unspecified atom stereocenters. The van der Waals surface area contributed by atoms with Crippen molar-refractivity contribution in [2.45, 2.75) is 18.9 Å². The van der Waals surface area contributed by atoms with E-state index in [0.717, 1.165) is 12.1 Å². The van der Waals surface area contributed by atoms with E-state index >= 15 is 0 Å². The van der Waals surface area contributed by atoms with Crippen LogP contribution in [0.4, 0.5) is 11.4 Å². The third-order valence-corrected chi connectivity index (χ3v) is 4.76. The Kier molecular flexibility index (Phi) is 2.82. The van der Waals surface area contributed by atoms with E-state index in [1.807, 2.05) is 23.1 Å². The lowest BCUT2D eigenvalue weighted by Gasteiger charge is -2.33. The summed E-state index contributed by atoms with van der Waals surface area (Å²) in [5.74, 6) is 0.255. The van der Waals surface area contributed by atoms with Crippen LogP contribution in [0.2, 0.25) is 0 Å². The van der Waals surface area contributed by atoms with Crippen LogP contribution in [0.5, 0.6) is 11.5 Å². The van der Waals surface area contributed by atoms with Gasteiger partial charge in [-0.25, -0.2) is 0 Å². The Balaban J connectivity index is 1.89. The van der Waals surface area contributed by atoms with E-state index < -0.39 is 0 Å². The first-order valence-corrected chi connectivity index (χ1v) is 7.61. The number of carbonyl (C=O) groups excluding carboxylic acids is 1. The highest BCUT2D eigenvalue weighted by atomic mass is 16.5. The lowest BCUT2D eigenvalue weighted by molar-refractivity contribution is 0.0969. The van der Waals surface area contributed by atoms with E-state index in [-0.39, 0.29) is 17.2 Å². The molecule has 5 nitrogen and oxygen atoms in total. The SMILES string of the molecule is COc1cc2c(cc1O)NCC1(C)Cc3ccccc3N1C2=O. The lowest BCUT2D eigenvalue weighted by atomic mass is 9.96. The molecule has 2 aliphatic rings. The Morgan fingerprint density at radius 2 is 2.09 bits per heavy atom. The molecule has 23 heavy (non-hydrogen) atoms. The first-order valence-electron chi connectivity index (χ1n) is 7.61. The lowest BCUT2D eigenvalue weighted by Crippen LogP contribution is -2.50. The number of rotatable bonds is 1. The number of hydrogen-bond acceptors (Lipinski definition) is 4. The average Bonchev–Trinajstić information content (AvgIpc) is 2.79. The monoisotopic (exact) mass is 310 g/mol. The molecule has 2 N–H and O–H groups in total. The smallest absolute Gasteiger partial charge is 0.261 e. The van der Waals surface area contributed by atoms with Gasteiger partial charge in [0.2, 0.25) is 0 Å². The van der Waals surface area contributed by atoms with E-state index in [1.165, 1.54) is 12.7 Å². The number of fused-ring (bicyclic) bond motifs is 4. The quantitative estimate of drug-likeness (QED) is 0.850. The molecular weight excluding hydrogens is 292 g/mol. The number of carbonyl (C=O) groups is 1. The number of hydrogen-bond donors (Lipinski definition) is 2. The predicted molar refractivity (Wildman–Crippen MR) is 88.5 cm³/mol. The maximum absolute atomic E-state index is 13.2. The summed E-state index contributed by atoms with van der Waals surface area (Å²) in [6.07, 6.45) is 0.805. The predicted octanol–water partition coefficient (Wildman–Crippen LogP) is 2.79. The normalized spacial score (nSPS) is 21.8. The number of phenolic OH excluding ortho intramolecular Hbond substituents is 1. The van der Waals surface area contributed by atoms with Crippen LogP contribution in [0.25, 0.3) is 0 Å². The highest BCUT2D eigenvalue weighted by Crippen LogP contribution is 2.44. The topological polar surface area (TPSA) is 61.8 Å². The molecule has 0 aromatic heterocycles. The molecule has 0 bridgehead atoms. The van der Waals surface area contributed by atoms with Crippen LogP contribution in [0.15, 0.2) is 36.4 Å². The van der Waals surface area contributed by atoms with E-state index in [4.69, 9.17) is 4.74 Å². The molecular formula is C18H18N2O3. The minimum atomic E-state index is -0.331. The number of ether oxygens (including phenoxy) is 1. The van der Waals surface area contributed by atoms with Crippen molar-refractivity contribution in [2.75, 3.05) is 23.9 Å². The number of amides is 1.